The second-order valence-corrected chi connectivity index (χ2v) is 6.28. The normalized spacial score (nSPS) is 27.2. The maximum absolute atomic E-state index is 5.88. The van der Waals surface area contributed by atoms with Gasteiger partial charge in [0, 0.05) is 5.56 Å². The Morgan fingerprint density at radius 2 is 1.90 bits per heavy atom. The molecule has 2 rings (SSSR count). The van der Waals surface area contributed by atoms with Crippen LogP contribution in [0.3, 0.4) is 0 Å². The van der Waals surface area contributed by atoms with Gasteiger partial charge < -0.3 is 9.47 Å². The van der Waals surface area contributed by atoms with Crippen LogP contribution >= 0.6 is 0 Å². The van der Waals surface area contributed by atoms with Gasteiger partial charge in [-0.1, -0.05) is 20.3 Å². The van der Waals surface area contributed by atoms with E-state index in [-0.39, 0.29) is 6.04 Å². The molecule has 0 aliphatic heterocycles. The summed E-state index contributed by atoms with van der Waals surface area (Å²) in [5.41, 5.74) is 4.10. The molecule has 0 aromatic heterocycles. The third kappa shape index (κ3) is 3.50. The molecule has 3 N–H and O–H groups in total. The first-order chi connectivity index (χ1) is 10.1. The van der Waals surface area contributed by atoms with Crippen molar-refractivity contribution in [3.63, 3.8) is 0 Å². The molecule has 0 spiro atoms. The molecule has 0 radical (unpaired) electrons. The smallest absolute Gasteiger partial charge is 0.123 e. The molecule has 1 saturated carbocycles. The minimum Gasteiger partial charge on any atom is -0.497 e. The summed E-state index contributed by atoms with van der Waals surface area (Å²) in [4.78, 5) is 0. The molecule has 4 heteroatoms. The third-order valence-electron chi connectivity index (χ3n) is 5.06. The average molecular weight is 292 g/mol. The molecule has 1 aliphatic rings. The van der Waals surface area contributed by atoms with E-state index in [0.717, 1.165) is 28.9 Å². The highest BCUT2D eigenvalue weighted by Gasteiger charge is 2.32. The van der Waals surface area contributed by atoms with Crippen LogP contribution in [0.5, 0.6) is 11.5 Å². The van der Waals surface area contributed by atoms with Gasteiger partial charge in [0.15, 0.2) is 0 Å². The molecule has 1 aromatic carbocycles. The molecule has 1 aromatic rings. The van der Waals surface area contributed by atoms with Gasteiger partial charge in [0.05, 0.1) is 20.3 Å². The second kappa shape index (κ2) is 7.14. The molecular weight excluding hydrogens is 264 g/mol. The molecule has 1 aliphatic carbocycles. The number of rotatable bonds is 5. The number of hydrogen-bond donors (Lipinski definition) is 2. The first-order valence-corrected chi connectivity index (χ1v) is 7.78. The van der Waals surface area contributed by atoms with Gasteiger partial charge in [0.25, 0.3) is 0 Å². The van der Waals surface area contributed by atoms with Gasteiger partial charge in [-0.2, -0.15) is 0 Å². The molecule has 4 unspecified atom stereocenters. The zero-order valence-electron chi connectivity index (χ0n) is 13.6. The zero-order valence-corrected chi connectivity index (χ0v) is 13.6. The zero-order chi connectivity index (χ0) is 15.4. The van der Waals surface area contributed by atoms with Gasteiger partial charge in [-0.3, -0.25) is 11.3 Å². The molecule has 0 heterocycles. The number of benzene rings is 1. The Kier molecular flexibility index (Phi) is 5.48. The van der Waals surface area contributed by atoms with E-state index in [0.29, 0.717) is 5.92 Å². The van der Waals surface area contributed by atoms with E-state index in [1.807, 2.05) is 18.2 Å². The molecule has 0 saturated heterocycles. The highest BCUT2D eigenvalue weighted by molar-refractivity contribution is 5.42. The van der Waals surface area contributed by atoms with Crippen molar-refractivity contribution in [2.24, 2.45) is 23.6 Å². The number of hydrazine groups is 1. The molecule has 118 valence electrons. The lowest BCUT2D eigenvalue weighted by Gasteiger charge is -2.37. The first-order valence-electron chi connectivity index (χ1n) is 7.78. The van der Waals surface area contributed by atoms with Gasteiger partial charge in [0.1, 0.15) is 11.5 Å². The third-order valence-corrected chi connectivity index (χ3v) is 5.06. The molecule has 0 bridgehead atoms. The average Bonchev–Trinajstić information content (AvgIpc) is 2.51. The van der Waals surface area contributed by atoms with Gasteiger partial charge >= 0.3 is 0 Å². The van der Waals surface area contributed by atoms with Gasteiger partial charge in [-0.05, 0) is 48.8 Å². The van der Waals surface area contributed by atoms with Crippen LogP contribution in [0, 0.1) is 17.8 Å². The van der Waals surface area contributed by atoms with Crippen molar-refractivity contribution in [1.82, 2.24) is 5.43 Å². The van der Waals surface area contributed by atoms with Crippen molar-refractivity contribution < 1.29 is 9.47 Å². The summed E-state index contributed by atoms with van der Waals surface area (Å²) in [6.45, 7) is 4.69. The summed E-state index contributed by atoms with van der Waals surface area (Å²) < 4.78 is 10.9. The van der Waals surface area contributed by atoms with Gasteiger partial charge in [-0.15, -0.1) is 0 Å². The lowest BCUT2D eigenvalue weighted by molar-refractivity contribution is 0.169. The molecule has 1 fully saturated rings. The Labute approximate surface area is 128 Å². The fourth-order valence-electron chi connectivity index (χ4n) is 3.45. The maximum Gasteiger partial charge on any atom is 0.123 e. The van der Waals surface area contributed by atoms with Crippen molar-refractivity contribution in [2.45, 2.75) is 39.2 Å². The van der Waals surface area contributed by atoms with Crippen molar-refractivity contribution in [1.29, 1.82) is 0 Å². The number of methoxy groups -OCH3 is 2. The standard InChI is InChI=1S/C17H28N2O2/c1-11-5-6-13(9-12(11)2)17(19-18)15-10-14(20-3)7-8-16(15)21-4/h7-8,10-13,17,19H,5-6,9,18H2,1-4H3. The van der Waals surface area contributed by atoms with E-state index < -0.39 is 0 Å². The number of nitrogens with one attached hydrogen (secondary N) is 1. The van der Waals surface area contributed by atoms with Crippen LogP contribution in [0.2, 0.25) is 0 Å². The van der Waals surface area contributed by atoms with Crippen molar-refractivity contribution >= 4 is 0 Å². The Morgan fingerprint density at radius 1 is 1.14 bits per heavy atom. The summed E-state index contributed by atoms with van der Waals surface area (Å²) >= 11 is 0. The monoisotopic (exact) mass is 292 g/mol. The predicted molar refractivity (Wildman–Crippen MR) is 85.3 cm³/mol. The summed E-state index contributed by atoms with van der Waals surface area (Å²) in [6, 6.07) is 6.01. The lowest BCUT2D eigenvalue weighted by atomic mass is 9.72. The van der Waals surface area contributed by atoms with Crippen LogP contribution in [0.1, 0.15) is 44.7 Å². The first kappa shape index (κ1) is 16.1. The molecule has 4 nitrogen and oxygen atoms in total. The van der Waals surface area contributed by atoms with E-state index in [4.69, 9.17) is 15.3 Å². The van der Waals surface area contributed by atoms with Crippen LogP contribution in [-0.2, 0) is 0 Å². The Morgan fingerprint density at radius 3 is 2.48 bits per heavy atom. The van der Waals surface area contributed by atoms with Gasteiger partial charge in [0.2, 0.25) is 0 Å². The minimum absolute atomic E-state index is 0.102. The fourth-order valence-corrected chi connectivity index (χ4v) is 3.45. The van der Waals surface area contributed by atoms with E-state index in [2.05, 4.69) is 19.3 Å². The van der Waals surface area contributed by atoms with Crippen LogP contribution in [0.25, 0.3) is 0 Å². The van der Waals surface area contributed by atoms with Crippen molar-refractivity contribution in [3.05, 3.63) is 23.8 Å². The van der Waals surface area contributed by atoms with E-state index in [1.165, 1.54) is 19.3 Å². The molecule has 0 amide bonds. The molecular formula is C17H28N2O2. The van der Waals surface area contributed by atoms with Crippen molar-refractivity contribution in [2.75, 3.05) is 14.2 Å². The van der Waals surface area contributed by atoms with Crippen LogP contribution in [0.15, 0.2) is 18.2 Å². The predicted octanol–water partition coefficient (Wildman–Crippen LogP) is 3.28. The van der Waals surface area contributed by atoms with Gasteiger partial charge in [-0.25, -0.2) is 0 Å². The highest BCUT2D eigenvalue weighted by Crippen LogP contribution is 2.42. The van der Waals surface area contributed by atoms with Crippen LogP contribution < -0.4 is 20.7 Å². The quantitative estimate of drug-likeness (QED) is 0.646. The second-order valence-electron chi connectivity index (χ2n) is 6.28. The lowest BCUT2D eigenvalue weighted by Crippen LogP contribution is -2.37. The number of ether oxygens (including phenoxy) is 2. The Balaban J connectivity index is 2.28. The number of hydrogen-bond acceptors (Lipinski definition) is 4. The summed E-state index contributed by atoms with van der Waals surface area (Å²) in [5, 5.41) is 0. The molecule has 4 atom stereocenters. The van der Waals surface area contributed by atoms with E-state index in [9.17, 15) is 0 Å². The largest absolute Gasteiger partial charge is 0.497 e. The van der Waals surface area contributed by atoms with E-state index >= 15 is 0 Å². The van der Waals surface area contributed by atoms with Crippen LogP contribution in [0.4, 0.5) is 0 Å². The fraction of sp³-hybridized carbons (Fsp3) is 0.647. The number of nitrogens with two attached hydrogens (primary N) is 1. The molecule has 21 heavy (non-hydrogen) atoms. The topological polar surface area (TPSA) is 56.5 Å². The van der Waals surface area contributed by atoms with Crippen molar-refractivity contribution in [3.8, 4) is 11.5 Å². The SMILES string of the molecule is COc1ccc(OC)c(C(NN)C2CCC(C)C(C)C2)c1. The summed E-state index contributed by atoms with van der Waals surface area (Å²) in [7, 11) is 3.38. The minimum atomic E-state index is 0.102. The Hall–Kier alpha value is -1.26. The van der Waals surface area contributed by atoms with Crippen LogP contribution in [-0.4, -0.2) is 14.2 Å². The maximum atomic E-state index is 5.88. The highest BCUT2D eigenvalue weighted by atomic mass is 16.5. The Bertz CT molecular complexity index is 464. The summed E-state index contributed by atoms with van der Waals surface area (Å²) in [5.74, 6) is 9.65. The summed E-state index contributed by atoms with van der Waals surface area (Å²) in [6.07, 6.45) is 3.65. The van der Waals surface area contributed by atoms with E-state index in [1.54, 1.807) is 14.2 Å².